The van der Waals surface area contributed by atoms with Crippen molar-refractivity contribution >= 4 is 29.3 Å². The van der Waals surface area contributed by atoms with Crippen LogP contribution in [0.3, 0.4) is 0 Å². The molecule has 0 aliphatic heterocycles. The van der Waals surface area contributed by atoms with E-state index in [2.05, 4.69) is 4.98 Å². The fourth-order valence-corrected chi connectivity index (χ4v) is 3.59. The lowest BCUT2D eigenvalue weighted by molar-refractivity contribution is 0.0746. The minimum Gasteiger partial charge on any atom is -0.491 e. The van der Waals surface area contributed by atoms with Crippen molar-refractivity contribution in [3.05, 3.63) is 46.7 Å². The van der Waals surface area contributed by atoms with Crippen molar-refractivity contribution in [2.75, 3.05) is 13.2 Å². The number of rotatable bonds is 6. The number of nitrogens with zero attached hydrogens (tertiary/aromatic N) is 2. The van der Waals surface area contributed by atoms with E-state index < -0.39 is 11.6 Å². The van der Waals surface area contributed by atoms with Crippen molar-refractivity contribution in [3.63, 3.8) is 0 Å². The fraction of sp³-hybridized carbons (Fsp3) is 0.429. The van der Waals surface area contributed by atoms with Crippen LogP contribution in [0.25, 0.3) is 11.1 Å². The van der Waals surface area contributed by atoms with Gasteiger partial charge in [-0.1, -0.05) is 23.2 Å². The molecule has 1 aliphatic carbocycles. The molecule has 1 N–H and O–H groups in total. The minimum atomic E-state index is -0.903. The molecule has 3 rings (SSSR count). The van der Waals surface area contributed by atoms with Crippen LogP contribution in [0.1, 0.15) is 33.6 Å². The summed E-state index contributed by atoms with van der Waals surface area (Å²) in [6, 6.07) is 7.22. The molecule has 28 heavy (non-hydrogen) atoms. The third-order valence-corrected chi connectivity index (χ3v) is 5.38. The Morgan fingerprint density at radius 1 is 1.14 bits per heavy atom. The maximum Gasteiger partial charge on any atom is 0.407 e. The number of halogens is 2. The van der Waals surface area contributed by atoms with Gasteiger partial charge in [0.1, 0.15) is 5.75 Å². The number of pyridine rings is 1. The highest BCUT2D eigenvalue weighted by Gasteiger charge is 2.47. The van der Waals surface area contributed by atoms with Gasteiger partial charge in [0.2, 0.25) is 0 Å². The molecule has 1 aromatic heterocycles. The first-order valence-electron chi connectivity index (χ1n) is 9.13. The summed E-state index contributed by atoms with van der Waals surface area (Å²) < 4.78 is 6.00. The van der Waals surface area contributed by atoms with Crippen LogP contribution >= 0.6 is 23.2 Å². The van der Waals surface area contributed by atoms with E-state index in [9.17, 15) is 9.90 Å². The molecule has 7 heteroatoms. The molecule has 1 saturated carbocycles. The Morgan fingerprint density at radius 3 is 2.32 bits per heavy atom. The Labute approximate surface area is 175 Å². The molecule has 0 spiro atoms. The number of hydrogen-bond acceptors (Lipinski definition) is 3. The average molecular weight is 423 g/mol. The Hall–Kier alpha value is -1.98. The van der Waals surface area contributed by atoms with E-state index in [0.29, 0.717) is 28.9 Å². The summed E-state index contributed by atoms with van der Waals surface area (Å²) in [5.41, 5.74) is 1.13. The molecular weight excluding hydrogens is 399 g/mol. The number of aromatic nitrogens is 1. The first kappa shape index (κ1) is 20.7. The van der Waals surface area contributed by atoms with Crippen LogP contribution in [-0.4, -0.2) is 39.8 Å². The minimum absolute atomic E-state index is 0.138. The van der Waals surface area contributed by atoms with E-state index in [1.165, 1.54) is 4.90 Å². The van der Waals surface area contributed by atoms with Crippen LogP contribution in [0.15, 0.2) is 36.7 Å². The molecule has 0 radical (unpaired) electrons. The van der Waals surface area contributed by atoms with Crippen LogP contribution in [0.4, 0.5) is 4.79 Å². The summed E-state index contributed by atoms with van der Waals surface area (Å²) in [5.74, 6) is 0.637. The zero-order chi connectivity index (χ0) is 20.5. The largest absolute Gasteiger partial charge is 0.491 e. The lowest BCUT2D eigenvalue weighted by Crippen LogP contribution is -2.48. The number of benzene rings is 1. The van der Waals surface area contributed by atoms with Gasteiger partial charge in [0.25, 0.3) is 0 Å². The van der Waals surface area contributed by atoms with Gasteiger partial charge in [0.05, 0.1) is 12.8 Å². The van der Waals surface area contributed by atoms with Gasteiger partial charge in [-0.25, -0.2) is 4.79 Å². The predicted octanol–water partition coefficient (Wildman–Crippen LogP) is 5.99. The Kier molecular flexibility index (Phi) is 5.78. The van der Waals surface area contributed by atoms with Crippen molar-refractivity contribution in [2.45, 2.75) is 39.2 Å². The lowest BCUT2D eigenvalue weighted by atomic mass is 10.0. The number of carboxylic acid groups (broad SMARTS) is 1. The third-order valence-electron chi connectivity index (χ3n) is 4.95. The predicted molar refractivity (Wildman–Crippen MR) is 111 cm³/mol. The Balaban J connectivity index is 1.70. The molecule has 0 bridgehead atoms. The third kappa shape index (κ3) is 5.09. The molecular formula is C21H24Cl2N2O3. The van der Waals surface area contributed by atoms with Gasteiger partial charge < -0.3 is 14.7 Å². The highest BCUT2D eigenvalue weighted by atomic mass is 35.5. The molecule has 1 heterocycles. The van der Waals surface area contributed by atoms with Crippen molar-refractivity contribution in [2.24, 2.45) is 5.41 Å². The van der Waals surface area contributed by atoms with Gasteiger partial charge >= 0.3 is 6.09 Å². The highest BCUT2D eigenvalue weighted by molar-refractivity contribution is 6.35. The topological polar surface area (TPSA) is 62.7 Å². The molecule has 1 aromatic carbocycles. The summed E-state index contributed by atoms with van der Waals surface area (Å²) in [5, 5.41) is 10.7. The van der Waals surface area contributed by atoms with Crippen molar-refractivity contribution < 1.29 is 14.6 Å². The molecule has 1 aliphatic rings. The van der Waals surface area contributed by atoms with E-state index >= 15 is 0 Å². The van der Waals surface area contributed by atoms with Crippen LogP contribution < -0.4 is 4.74 Å². The summed E-state index contributed by atoms with van der Waals surface area (Å²) in [4.78, 5) is 17.4. The second kappa shape index (κ2) is 7.80. The second-order valence-corrected chi connectivity index (χ2v) is 9.27. The van der Waals surface area contributed by atoms with Crippen LogP contribution in [0.2, 0.25) is 10.0 Å². The molecule has 2 aromatic rings. The van der Waals surface area contributed by atoms with Gasteiger partial charge in [-0.3, -0.25) is 4.98 Å². The average Bonchev–Trinajstić information content (AvgIpc) is 3.36. The molecule has 1 amide bonds. The second-order valence-electron chi connectivity index (χ2n) is 8.40. The van der Waals surface area contributed by atoms with Crippen LogP contribution in [0.5, 0.6) is 5.75 Å². The standard InChI is InChI=1S/C21H24Cl2N2O3/c1-20(2,3)25(19(26)27)12-21(4-5-21)13-28-18-8-15(10-24-11-18)14-6-16(22)9-17(23)7-14/h6-11H,4-5,12-13H2,1-3H3,(H,26,27). The smallest absolute Gasteiger partial charge is 0.407 e. The quantitative estimate of drug-likeness (QED) is 0.620. The van der Waals surface area contributed by atoms with E-state index in [1.54, 1.807) is 18.5 Å². The van der Waals surface area contributed by atoms with Crippen molar-refractivity contribution in [1.82, 2.24) is 9.88 Å². The zero-order valence-electron chi connectivity index (χ0n) is 16.2. The summed E-state index contributed by atoms with van der Waals surface area (Å²) >= 11 is 12.2. The molecule has 150 valence electrons. The Bertz CT molecular complexity index is 856. The summed E-state index contributed by atoms with van der Waals surface area (Å²) in [6.07, 6.45) is 4.38. The maximum atomic E-state index is 11.6. The van der Waals surface area contributed by atoms with Crippen molar-refractivity contribution in [1.29, 1.82) is 0 Å². The molecule has 1 fully saturated rings. The highest BCUT2D eigenvalue weighted by Crippen LogP contribution is 2.47. The van der Waals surface area contributed by atoms with E-state index in [0.717, 1.165) is 24.0 Å². The summed E-state index contributed by atoms with van der Waals surface area (Å²) in [6.45, 7) is 6.63. The zero-order valence-corrected chi connectivity index (χ0v) is 17.7. The normalized spacial score (nSPS) is 15.2. The molecule has 0 atom stereocenters. The van der Waals surface area contributed by atoms with Gasteiger partial charge in [0, 0.05) is 39.3 Å². The van der Waals surface area contributed by atoms with Gasteiger partial charge in [-0.2, -0.15) is 0 Å². The maximum absolute atomic E-state index is 11.6. The summed E-state index contributed by atoms with van der Waals surface area (Å²) in [7, 11) is 0. The van der Waals surface area contributed by atoms with Gasteiger partial charge in [-0.15, -0.1) is 0 Å². The molecule has 5 nitrogen and oxygen atoms in total. The molecule has 0 saturated heterocycles. The van der Waals surface area contributed by atoms with Gasteiger partial charge in [0.15, 0.2) is 0 Å². The number of ether oxygens (including phenoxy) is 1. The van der Waals surface area contributed by atoms with E-state index in [4.69, 9.17) is 27.9 Å². The Morgan fingerprint density at radius 2 is 1.79 bits per heavy atom. The lowest BCUT2D eigenvalue weighted by Gasteiger charge is -2.36. The van der Waals surface area contributed by atoms with E-state index in [1.807, 2.05) is 39.0 Å². The SMILES string of the molecule is CC(C)(C)N(CC1(COc2cncc(-c3cc(Cl)cc(Cl)c3)c2)CC1)C(=O)O. The number of amides is 1. The molecule has 0 unspecified atom stereocenters. The van der Waals surface area contributed by atoms with E-state index in [-0.39, 0.29) is 5.41 Å². The fourth-order valence-electron chi connectivity index (χ4n) is 3.06. The number of hydrogen-bond donors (Lipinski definition) is 1. The van der Waals surface area contributed by atoms with Crippen LogP contribution in [0, 0.1) is 5.41 Å². The monoisotopic (exact) mass is 422 g/mol. The first-order valence-corrected chi connectivity index (χ1v) is 9.89. The van der Waals surface area contributed by atoms with Crippen LogP contribution in [-0.2, 0) is 0 Å². The number of carbonyl (C=O) groups is 1. The first-order chi connectivity index (χ1) is 13.1. The van der Waals surface area contributed by atoms with Gasteiger partial charge in [-0.05, 0) is 63.4 Å². The van der Waals surface area contributed by atoms with Crippen molar-refractivity contribution in [3.8, 4) is 16.9 Å².